The van der Waals surface area contributed by atoms with Crippen LogP contribution in [-0.2, 0) is 34.4 Å². The number of hydrogen-bond acceptors (Lipinski definition) is 8. The van der Waals surface area contributed by atoms with Crippen molar-refractivity contribution in [3.63, 3.8) is 0 Å². The fourth-order valence-corrected chi connectivity index (χ4v) is 6.64. The normalized spacial score (nSPS) is 15.1. The van der Waals surface area contributed by atoms with Gasteiger partial charge in [0.1, 0.15) is 39.2 Å². The Labute approximate surface area is 320 Å². The third-order valence-corrected chi connectivity index (χ3v) is 10.3. The molecule has 1 aliphatic rings. The minimum atomic E-state index is -4.93. The van der Waals surface area contributed by atoms with Gasteiger partial charge < -0.3 is 19.9 Å². The molecule has 0 bridgehead atoms. The van der Waals surface area contributed by atoms with Gasteiger partial charge in [-0.3, -0.25) is 4.79 Å². The van der Waals surface area contributed by atoms with Crippen LogP contribution in [0.2, 0.25) is 0 Å². The summed E-state index contributed by atoms with van der Waals surface area (Å²) >= 11 is -1.71. The van der Waals surface area contributed by atoms with Crippen molar-refractivity contribution in [1.29, 1.82) is 5.26 Å². The molecule has 55 heavy (non-hydrogen) atoms. The lowest BCUT2D eigenvalue weighted by molar-refractivity contribution is -0.141. The van der Waals surface area contributed by atoms with Crippen molar-refractivity contribution in [2.24, 2.45) is 5.92 Å². The Kier molecular flexibility index (Phi) is 12.0. The summed E-state index contributed by atoms with van der Waals surface area (Å²) in [5.74, 6) is -1.59. The Hall–Kier alpha value is -4.98. The molecule has 2 aromatic carbocycles. The SMILES string of the molecule is CC(C)(C)OC(=O)NCc1cccc(-n2nc(C(F)(F)F)cc2C(=O)Nc2cc([C@@](CCC3CC3)(N[S+]([O-])C(C)(C)C)c3cccc(C#N)n3)ccc2F)c1. The van der Waals surface area contributed by atoms with E-state index in [0.717, 1.165) is 23.6 Å². The summed E-state index contributed by atoms with van der Waals surface area (Å²) in [6.45, 7) is 10.4. The highest BCUT2D eigenvalue weighted by Gasteiger charge is 2.45. The first-order valence-electron chi connectivity index (χ1n) is 17.6. The van der Waals surface area contributed by atoms with Gasteiger partial charge in [0, 0.05) is 24.0 Å². The van der Waals surface area contributed by atoms with E-state index in [4.69, 9.17) is 4.74 Å². The average Bonchev–Trinajstić information content (AvgIpc) is 3.82. The van der Waals surface area contributed by atoms with Crippen LogP contribution in [0.4, 0.5) is 28.0 Å². The Balaban J connectivity index is 1.54. The lowest BCUT2D eigenvalue weighted by atomic mass is 9.82. The third kappa shape index (κ3) is 10.4. The molecular formula is C39H43F4N7O4S. The molecule has 4 aromatic rings. The number of nitrogens with zero attached hydrogens (tertiary/aromatic N) is 4. The highest BCUT2D eigenvalue weighted by atomic mass is 32.2. The summed E-state index contributed by atoms with van der Waals surface area (Å²) < 4.78 is 80.0. The van der Waals surface area contributed by atoms with Crippen LogP contribution in [0.1, 0.15) is 106 Å². The maximum Gasteiger partial charge on any atom is 0.435 e. The first-order valence-corrected chi connectivity index (χ1v) is 18.8. The number of halogens is 4. The van der Waals surface area contributed by atoms with Gasteiger partial charge in [0.25, 0.3) is 5.91 Å². The number of alkyl carbamates (subject to hydrolysis) is 1. The molecule has 2 heterocycles. The van der Waals surface area contributed by atoms with Gasteiger partial charge in [-0.05, 0) is 108 Å². The lowest BCUT2D eigenvalue weighted by Crippen LogP contribution is -2.52. The first kappa shape index (κ1) is 41.2. The number of ether oxygens (including phenoxy) is 1. The summed E-state index contributed by atoms with van der Waals surface area (Å²) in [4.78, 5) is 30.7. The summed E-state index contributed by atoms with van der Waals surface area (Å²) in [5, 5.41) is 18.4. The zero-order valence-electron chi connectivity index (χ0n) is 31.3. The smallest absolute Gasteiger partial charge is 0.435 e. The van der Waals surface area contributed by atoms with Crippen molar-refractivity contribution < 1.29 is 36.4 Å². The molecule has 1 unspecified atom stereocenters. The number of anilines is 1. The van der Waals surface area contributed by atoms with Crippen LogP contribution < -0.4 is 15.4 Å². The molecule has 292 valence electrons. The van der Waals surface area contributed by atoms with Gasteiger partial charge in [0.15, 0.2) is 5.69 Å². The molecule has 1 saturated carbocycles. The number of nitriles is 1. The second-order valence-corrected chi connectivity index (χ2v) is 17.4. The van der Waals surface area contributed by atoms with Gasteiger partial charge in [0.05, 0.1) is 17.1 Å². The number of aromatic nitrogens is 3. The van der Waals surface area contributed by atoms with Crippen molar-refractivity contribution in [2.45, 2.75) is 95.8 Å². The number of benzene rings is 2. The molecule has 2 amide bonds. The highest BCUT2D eigenvalue weighted by Crippen LogP contribution is 2.43. The molecule has 0 radical (unpaired) electrons. The number of nitrogens with one attached hydrogen (secondary N) is 3. The van der Waals surface area contributed by atoms with Crippen molar-refractivity contribution in [3.8, 4) is 11.8 Å². The van der Waals surface area contributed by atoms with Crippen molar-refractivity contribution in [3.05, 3.63) is 106 Å². The van der Waals surface area contributed by atoms with Gasteiger partial charge in [-0.2, -0.15) is 23.5 Å². The molecule has 1 fully saturated rings. The molecule has 1 aliphatic carbocycles. The predicted octanol–water partition coefficient (Wildman–Crippen LogP) is 8.06. The number of amides is 2. The lowest BCUT2D eigenvalue weighted by Gasteiger charge is -2.38. The Morgan fingerprint density at radius 1 is 1.00 bits per heavy atom. The summed E-state index contributed by atoms with van der Waals surface area (Å²) in [5.41, 5.74) is -3.02. The van der Waals surface area contributed by atoms with Crippen LogP contribution in [0.3, 0.4) is 0 Å². The van der Waals surface area contributed by atoms with Crippen LogP contribution in [-0.4, -0.2) is 41.7 Å². The van der Waals surface area contributed by atoms with Crippen LogP contribution >= 0.6 is 0 Å². The molecule has 0 aliphatic heterocycles. The molecule has 2 atom stereocenters. The number of pyridine rings is 1. The van der Waals surface area contributed by atoms with Crippen LogP contribution in [0, 0.1) is 23.1 Å². The molecule has 5 rings (SSSR count). The Morgan fingerprint density at radius 2 is 1.71 bits per heavy atom. The molecule has 16 heteroatoms. The molecule has 2 aromatic heterocycles. The summed E-state index contributed by atoms with van der Waals surface area (Å²) in [7, 11) is 0. The molecule has 0 saturated heterocycles. The first-order chi connectivity index (χ1) is 25.7. The van der Waals surface area contributed by atoms with Crippen molar-refractivity contribution in [1.82, 2.24) is 24.8 Å². The van der Waals surface area contributed by atoms with Crippen molar-refractivity contribution in [2.75, 3.05) is 5.32 Å². The number of carbonyl (C=O) groups is 2. The van der Waals surface area contributed by atoms with E-state index in [0.29, 0.717) is 41.6 Å². The van der Waals surface area contributed by atoms with Gasteiger partial charge in [0.2, 0.25) is 0 Å². The van der Waals surface area contributed by atoms with Crippen LogP contribution in [0.25, 0.3) is 5.69 Å². The summed E-state index contributed by atoms with van der Waals surface area (Å²) in [6, 6.07) is 17.4. The van der Waals surface area contributed by atoms with Gasteiger partial charge in [-0.1, -0.05) is 37.1 Å². The Morgan fingerprint density at radius 3 is 2.35 bits per heavy atom. The molecule has 11 nitrogen and oxygen atoms in total. The minimum Gasteiger partial charge on any atom is -0.598 e. The average molecular weight is 782 g/mol. The number of carbonyl (C=O) groups excluding carboxylic acids is 2. The maximum atomic E-state index is 15.7. The van der Waals surface area contributed by atoms with E-state index in [1.807, 2.05) is 6.07 Å². The zero-order valence-corrected chi connectivity index (χ0v) is 32.1. The number of rotatable bonds is 12. The zero-order chi connectivity index (χ0) is 40.3. The van der Waals surface area contributed by atoms with Crippen molar-refractivity contribution >= 4 is 29.0 Å². The number of hydrogen-bond donors (Lipinski definition) is 3. The maximum absolute atomic E-state index is 15.7. The van der Waals surface area contributed by atoms with E-state index in [-0.39, 0.29) is 23.6 Å². The van der Waals surface area contributed by atoms with Crippen LogP contribution in [0.15, 0.2) is 66.7 Å². The van der Waals surface area contributed by atoms with E-state index in [1.165, 1.54) is 36.4 Å². The number of alkyl halides is 3. The fraction of sp³-hybridized carbons (Fsp3) is 0.410. The fourth-order valence-electron chi connectivity index (χ4n) is 5.69. The minimum absolute atomic E-state index is 0.0433. The van der Waals surface area contributed by atoms with E-state index in [9.17, 15) is 32.6 Å². The molecule has 3 N–H and O–H groups in total. The Bertz CT molecular complexity index is 2080. The van der Waals surface area contributed by atoms with Gasteiger partial charge >= 0.3 is 12.3 Å². The van der Waals surface area contributed by atoms with Gasteiger partial charge in [-0.15, -0.1) is 4.72 Å². The second-order valence-electron chi connectivity index (χ2n) is 15.4. The molecule has 0 spiro atoms. The predicted molar refractivity (Wildman–Crippen MR) is 199 cm³/mol. The second kappa shape index (κ2) is 16.0. The third-order valence-electron chi connectivity index (χ3n) is 8.68. The topological polar surface area (TPSA) is 157 Å². The largest absolute Gasteiger partial charge is 0.598 e. The van der Waals surface area contributed by atoms with E-state index >= 15 is 4.39 Å². The monoisotopic (exact) mass is 781 g/mol. The van der Waals surface area contributed by atoms with Crippen LogP contribution in [0.5, 0.6) is 0 Å². The van der Waals surface area contributed by atoms with E-state index < -0.39 is 62.6 Å². The summed E-state index contributed by atoms with van der Waals surface area (Å²) in [6.07, 6.45) is -2.59. The van der Waals surface area contributed by atoms with E-state index in [2.05, 4.69) is 25.4 Å². The quantitative estimate of drug-likeness (QED) is 0.0963. The standard InChI is InChI=1S/C39H43F4N7O4S/c1-36(2,3)54-35(52)45-23-25-9-7-11-28(19-25)50-31(21-33(48-50)39(41,42)43)34(51)47-30-20-26(15-16-29(30)40)38(18-17-24-13-14-24,49-55(53)37(4,5)6)32-12-8-10-27(22-44)46-32/h7-12,15-16,19-21,24,49H,13-14,17-18,23H2,1-6H3,(H,45,52)(H,47,51)/t38-,55?/m1/s1. The molecular weight excluding hydrogens is 739 g/mol. The van der Waals surface area contributed by atoms with E-state index in [1.54, 1.807) is 59.7 Å². The van der Waals surface area contributed by atoms with Gasteiger partial charge in [-0.25, -0.2) is 18.9 Å². The highest BCUT2D eigenvalue weighted by molar-refractivity contribution is 7.90.